The molecule has 1 N–H and O–H groups in total. The van der Waals surface area contributed by atoms with Gasteiger partial charge in [-0.25, -0.2) is 8.78 Å². The van der Waals surface area contributed by atoms with Crippen molar-refractivity contribution in [3.63, 3.8) is 0 Å². The summed E-state index contributed by atoms with van der Waals surface area (Å²) < 4.78 is 42.7. The van der Waals surface area contributed by atoms with Crippen LogP contribution in [0.3, 0.4) is 0 Å². The van der Waals surface area contributed by atoms with Gasteiger partial charge in [-0.3, -0.25) is 4.98 Å². The maximum atomic E-state index is 13.5. The minimum Gasteiger partial charge on any atom is -0.598 e. The molecule has 7 heteroatoms. The first-order valence-corrected chi connectivity index (χ1v) is 9.34. The monoisotopic (exact) mass is 416 g/mol. The SMILES string of the molecule is CC(C)(C)[S@@+]([O-])N[C@@H](Cc1cc(F)cc(F)c1)c1ncccc1Br. The lowest BCUT2D eigenvalue weighted by molar-refractivity contribution is 0.516. The highest BCUT2D eigenvalue weighted by atomic mass is 79.9. The van der Waals surface area contributed by atoms with Crippen LogP contribution in [0.5, 0.6) is 0 Å². The summed E-state index contributed by atoms with van der Waals surface area (Å²) in [4.78, 5) is 4.32. The Kier molecular flexibility index (Phi) is 6.36. The molecule has 0 aliphatic carbocycles. The maximum absolute atomic E-state index is 13.5. The minimum absolute atomic E-state index is 0.256. The number of hydrogen-bond acceptors (Lipinski definition) is 3. The molecule has 2 rings (SSSR count). The van der Waals surface area contributed by atoms with Gasteiger partial charge >= 0.3 is 0 Å². The van der Waals surface area contributed by atoms with Gasteiger partial charge in [-0.15, -0.1) is 4.72 Å². The van der Waals surface area contributed by atoms with E-state index in [4.69, 9.17) is 0 Å². The van der Waals surface area contributed by atoms with Crippen molar-refractivity contribution >= 4 is 27.3 Å². The van der Waals surface area contributed by atoms with E-state index in [2.05, 4.69) is 25.6 Å². The van der Waals surface area contributed by atoms with Crippen LogP contribution < -0.4 is 4.72 Å². The standard InChI is InChI=1S/C17H19BrF2N2OS/c1-17(2,3)24(23)22-15(16-14(18)5-4-6-21-16)9-11-7-12(19)10-13(20)8-11/h4-8,10,15,22H,9H2,1-3H3/t15-,24+/m0/s1. The molecule has 0 saturated heterocycles. The van der Waals surface area contributed by atoms with E-state index in [1.807, 2.05) is 26.8 Å². The number of hydrogen-bond donors (Lipinski definition) is 1. The smallest absolute Gasteiger partial charge is 0.136 e. The molecule has 0 aliphatic heterocycles. The van der Waals surface area contributed by atoms with E-state index in [-0.39, 0.29) is 6.42 Å². The highest BCUT2D eigenvalue weighted by Gasteiger charge is 2.31. The average Bonchev–Trinajstić information content (AvgIpc) is 2.45. The van der Waals surface area contributed by atoms with Gasteiger partial charge in [0.1, 0.15) is 16.4 Å². The van der Waals surface area contributed by atoms with E-state index in [9.17, 15) is 13.3 Å². The fourth-order valence-electron chi connectivity index (χ4n) is 2.12. The predicted molar refractivity (Wildman–Crippen MR) is 95.8 cm³/mol. The van der Waals surface area contributed by atoms with Crippen LogP contribution in [0, 0.1) is 11.6 Å². The van der Waals surface area contributed by atoms with Crippen LogP contribution in [0.25, 0.3) is 0 Å². The van der Waals surface area contributed by atoms with Crippen LogP contribution in [-0.2, 0) is 17.8 Å². The number of rotatable bonds is 5. The van der Waals surface area contributed by atoms with Gasteiger partial charge in [-0.05, 0) is 73.0 Å². The average molecular weight is 417 g/mol. The summed E-state index contributed by atoms with van der Waals surface area (Å²) in [6.07, 6.45) is 1.88. The summed E-state index contributed by atoms with van der Waals surface area (Å²) in [7, 11) is 0. The normalized spacial score (nSPS) is 14.5. The van der Waals surface area contributed by atoms with E-state index in [1.54, 1.807) is 12.3 Å². The summed E-state index contributed by atoms with van der Waals surface area (Å²) in [5.41, 5.74) is 1.10. The summed E-state index contributed by atoms with van der Waals surface area (Å²) in [6, 6.07) is 6.51. The molecule has 0 aliphatic rings. The second-order valence-electron chi connectivity index (χ2n) is 6.40. The Morgan fingerprint density at radius 3 is 2.42 bits per heavy atom. The molecule has 0 fully saturated rings. The first-order valence-electron chi connectivity index (χ1n) is 7.40. The lowest BCUT2D eigenvalue weighted by Crippen LogP contribution is -2.42. The summed E-state index contributed by atoms with van der Waals surface area (Å²) in [6.45, 7) is 5.55. The fourth-order valence-corrected chi connectivity index (χ4v) is 3.46. The van der Waals surface area contributed by atoms with Crippen molar-refractivity contribution in [2.45, 2.75) is 38.0 Å². The topological polar surface area (TPSA) is 48.0 Å². The number of pyridine rings is 1. The zero-order chi connectivity index (χ0) is 17.9. The largest absolute Gasteiger partial charge is 0.598 e. The number of benzene rings is 1. The lowest BCUT2D eigenvalue weighted by atomic mass is 10.0. The van der Waals surface area contributed by atoms with E-state index >= 15 is 0 Å². The molecule has 3 nitrogen and oxygen atoms in total. The van der Waals surface area contributed by atoms with Crippen LogP contribution in [0.2, 0.25) is 0 Å². The molecule has 1 aromatic heterocycles. The molecule has 0 saturated carbocycles. The third kappa shape index (κ3) is 5.24. The highest BCUT2D eigenvalue weighted by Crippen LogP contribution is 2.27. The molecule has 1 heterocycles. The first kappa shape index (κ1) is 19.3. The first-order chi connectivity index (χ1) is 11.2. The quantitative estimate of drug-likeness (QED) is 0.731. The molecule has 2 atom stereocenters. The maximum Gasteiger partial charge on any atom is 0.136 e. The molecule has 0 amide bonds. The Labute approximate surface area is 152 Å². The van der Waals surface area contributed by atoms with Crippen LogP contribution >= 0.6 is 15.9 Å². The van der Waals surface area contributed by atoms with Gasteiger partial charge in [0, 0.05) is 28.1 Å². The number of halogens is 3. The van der Waals surface area contributed by atoms with Crippen LogP contribution in [-0.4, -0.2) is 14.3 Å². The Morgan fingerprint density at radius 2 is 1.88 bits per heavy atom. The molecule has 1 aromatic carbocycles. The van der Waals surface area contributed by atoms with Gasteiger partial charge in [-0.1, -0.05) is 0 Å². The third-order valence-corrected chi connectivity index (χ3v) is 5.57. The zero-order valence-corrected chi connectivity index (χ0v) is 16.0. The second kappa shape index (κ2) is 7.91. The molecule has 24 heavy (non-hydrogen) atoms. The molecular formula is C17H19BrF2N2OS. The van der Waals surface area contributed by atoms with E-state index < -0.39 is 33.8 Å². The van der Waals surface area contributed by atoms with Crippen molar-refractivity contribution in [1.29, 1.82) is 0 Å². The van der Waals surface area contributed by atoms with E-state index in [0.29, 0.717) is 11.3 Å². The Hall–Kier alpha value is -1.02. The van der Waals surface area contributed by atoms with Crippen LogP contribution in [0.15, 0.2) is 41.0 Å². The minimum atomic E-state index is -1.36. The van der Waals surface area contributed by atoms with Crippen molar-refractivity contribution in [1.82, 2.24) is 9.71 Å². The molecular weight excluding hydrogens is 398 g/mol. The van der Waals surface area contributed by atoms with Gasteiger partial charge in [0.25, 0.3) is 0 Å². The molecule has 0 spiro atoms. The zero-order valence-electron chi connectivity index (χ0n) is 13.6. The fraction of sp³-hybridized carbons (Fsp3) is 0.353. The third-order valence-electron chi connectivity index (χ3n) is 3.28. The van der Waals surface area contributed by atoms with Crippen molar-refractivity contribution in [2.75, 3.05) is 0 Å². The van der Waals surface area contributed by atoms with Gasteiger partial charge in [0.15, 0.2) is 0 Å². The van der Waals surface area contributed by atoms with Crippen LogP contribution in [0.4, 0.5) is 8.78 Å². The van der Waals surface area contributed by atoms with Crippen molar-refractivity contribution in [3.8, 4) is 0 Å². The van der Waals surface area contributed by atoms with Crippen LogP contribution in [0.1, 0.15) is 38.1 Å². The highest BCUT2D eigenvalue weighted by molar-refractivity contribution is 9.10. The van der Waals surface area contributed by atoms with Crippen molar-refractivity contribution in [3.05, 3.63) is 63.9 Å². The second-order valence-corrected chi connectivity index (χ2v) is 9.26. The van der Waals surface area contributed by atoms with Gasteiger partial charge < -0.3 is 4.55 Å². The summed E-state index contributed by atoms with van der Waals surface area (Å²) in [5.74, 6) is -1.28. The molecule has 130 valence electrons. The number of aromatic nitrogens is 1. The van der Waals surface area contributed by atoms with E-state index in [1.165, 1.54) is 12.1 Å². The molecule has 0 unspecified atom stereocenters. The van der Waals surface area contributed by atoms with E-state index in [0.717, 1.165) is 10.5 Å². The number of nitrogens with zero attached hydrogens (tertiary/aromatic N) is 1. The summed E-state index contributed by atoms with van der Waals surface area (Å²) >= 11 is 2.07. The molecule has 0 radical (unpaired) electrons. The Morgan fingerprint density at radius 1 is 1.25 bits per heavy atom. The van der Waals surface area contributed by atoms with Crippen molar-refractivity contribution in [2.24, 2.45) is 0 Å². The molecule has 2 aromatic rings. The van der Waals surface area contributed by atoms with Gasteiger partial charge in [-0.2, -0.15) is 0 Å². The summed E-state index contributed by atoms with van der Waals surface area (Å²) in [5, 5.41) is 0. The van der Waals surface area contributed by atoms with Crippen molar-refractivity contribution < 1.29 is 13.3 Å². The Balaban J connectivity index is 2.34. The van der Waals surface area contributed by atoms with Gasteiger partial charge in [0.05, 0.1) is 11.7 Å². The van der Waals surface area contributed by atoms with Gasteiger partial charge in [0.2, 0.25) is 0 Å². The number of nitrogens with one attached hydrogen (secondary N) is 1. The molecule has 0 bridgehead atoms. The lowest BCUT2D eigenvalue weighted by Gasteiger charge is -2.28. The predicted octanol–water partition coefficient (Wildman–Crippen LogP) is 4.46. The Bertz CT molecular complexity index is 689.